The second kappa shape index (κ2) is 8.66. The Morgan fingerprint density at radius 3 is 2.56 bits per heavy atom. The number of carbonyl (C=O) groups is 2. The molecule has 1 fully saturated rings. The van der Waals surface area contributed by atoms with E-state index in [2.05, 4.69) is 22.5 Å². The van der Waals surface area contributed by atoms with Crippen LogP contribution in [0.1, 0.15) is 50.0 Å². The highest BCUT2D eigenvalue weighted by atomic mass is 16.2. The zero-order valence-electron chi connectivity index (χ0n) is 15.9. The molecule has 142 valence electrons. The van der Waals surface area contributed by atoms with E-state index in [1.54, 1.807) is 12.3 Å². The summed E-state index contributed by atoms with van der Waals surface area (Å²) in [7, 11) is 0. The second-order valence-electron chi connectivity index (χ2n) is 6.87. The number of nitrogens with one attached hydrogen (secondary N) is 2. The zero-order valence-corrected chi connectivity index (χ0v) is 15.9. The minimum atomic E-state index is -0.101. The number of likely N-dealkylation sites (tertiary alicyclic amines) is 1. The predicted molar refractivity (Wildman–Crippen MR) is 107 cm³/mol. The molecule has 27 heavy (non-hydrogen) atoms. The maximum atomic E-state index is 12.9. The van der Waals surface area contributed by atoms with Crippen LogP contribution in [0.15, 0.2) is 42.6 Å². The Morgan fingerprint density at radius 2 is 1.85 bits per heavy atom. The average Bonchev–Trinajstić information content (AvgIpc) is 2.69. The number of nitrogens with zero attached hydrogens (tertiary/aromatic N) is 2. The van der Waals surface area contributed by atoms with Crippen LogP contribution in [0.4, 0.5) is 17.1 Å². The predicted octanol–water partition coefficient (Wildman–Crippen LogP) is 4.19. The molecule has 1 aliphatic heterocycles. The topological polar surface area (TPSA) is 74.3 Å². The molecule has 0 spiro atoms. The Labute approximate surface area is 160 Å². The van der Waals surface area contributed by atoms with E-state index >= 15 is 0 Å². The first-order valence-electron chi connectivity index (χ1n) is 9.48. The van der Waals surface area contributed by atoms with Crippen molar-refractivity contribution in [3.8, 4) is 0 Å². The summed E-state index contributed by atoms with van der Waals surface area (Å²) in [5.41, 5.74) is 2.90. The molecular formula is C21H26N4O2. The Hall–Kier alpha value is -2.89. The van der Waals surface area contributed by atoms with Crippen molar-refractivity contribution >= 4 is 28.9 Å². The lowest BCUT2D eigenvalue weighted by Crippen LogP contribution is -2.43. The second-order valence-corrected chi connectivity index (χ2v) is 6.87. The standard InChI is InChI=1S/C21H26N4O2/c1-3-19-6-4-5-13-25(19)21(27)20-14-18(11-12-22-20)24-17-9-7-16(8-10-17)23-15(2)26/h7-12,14,19H,3-6,13H2,1-2H3,(H,22,24)(H,23,26). The van der Waals surface area contributed by atoms with Gasteiger partial charge in [-0.2, -0.15) is 0 Å². The summed E-state index contributed by atoms with van der Waals surface area (Å²) < 4.78 is 0. The van der Waals surface area contributed by atoms with Gasteiger partial charge in [-0.15, -0.1) is 0 Å². The van der Waals surface area contributed by atoms with Crippen molar-refractivity contribution in [2.24, 2.45) is 0 Å². The van der Waals surface area contributed by atoms with Crippen LogP contribution in [0, 0.1) is 0 Å². The van der Waals surface area contributed by atoms with Gasteiger partial charge in [0, 0.05) is 42.8 Å². The van der Waals surface area contributed by atoms with Crippen molar-refractivity contribution < 1.29 is 9.59 Å². The lowest BCUT2D eigenvalue weighted by molar-refractivity contribution is -0.114. The molecule has 0 aliphatic carbocycles. The van der Waals surface area contributed by atoms with Gasteiger partial charge in [0.1, 0.15) is 5.69 Å². The van der Waals surface area contributed by atoms with Crippen LogP contribution in [0.25, 0.3) is 0 Å². The minimum Gasteiger partial charge on any atom is -0.355 e. The molecule has 6 nitrogen and oxygen atoms in total. The first kappa shape index (κ1) is 18.9. The van der Waals surface area contributed by atoms with Crippen molar-refractivity contribution in [1.82, 2.24) is 9.88 Å². The highest BCUT2D eigenvalue weighted by molar-refractivity contribution is 5.93. The van der Waals surface area contributed by atoms with E-state index in [1.165, 1.54) is 13.3 Å². The summed E-state index contributed by atoms with van der Waals surface area (Å²) in [6.07, 6.45) is 5.95. The fourth-order valence-electron chi connectivity index (χ4n) is 3.47. The Balaban J connectivity index is 1.71. The van der Waals surface area contributed by atoms with Gasteiger partial charge < -0.3 is 15.5 Å². The molecule has 1 unspecified atom stereocenters. The molecule has 6 heteroatoms. The maximum absolute atomic E-state index is 12.9. The highest BCUT2D eigenvalue weighted by Crippen LogP contribution is 2.23. The van der Waals surface area contributed by atoms with Gasteiger partial charge in [-0.1, -0.05) is 6.92 Å². The monoisotopic (exact) mass is 366 g/mol. The molecule has 1 saturated heterocycles. The summed E-state index contributed by atoms with van der Waals surface area (Å²) in [6, 6.07) is 11.4. The quantitative estimate of drug-likeness (QED) is 0.832. The number of pyridine rings is 1. The smallest absolute Gasteiger partial charge is 0.272 e. The molecule has 3 rings (SSSR count). The largest absolute Gasteiger partial charge is 0.355 e. The average molecular weight is 366 g/mol. The summed E-state index contributed by atoms with van der Waals surface area (Å²) in [5.74, 6) is -0.0951. The summed E-state index contributed by atoms with van der Waals surface area (Å²) in [6.45, 7) is 4.42. The van der Waals surface area contributed by atoms with Gasteiger partial charge in [0.05, 0.1) is 0 Å². The number of carbonyl (C=O) groups excluding carboxylic acids is 2. The third-order valence-corrected chi connectivity index (χ3v) is 4.83. The number of benzene rings is 1. The van der Waals surface area contributed by atoms with Crippen LogP contribution in [-0.4, -0.2) is 34.3 Å². The van der Waals surface area contributed by atoms with E-state index in [0.29, 0.717) is 11.7 Å². The molecule has 0 bridgehead atoms. The molecule has 2 N–H and O–H groups in total. The number of rotatable bonds is 5. The van der Waals surface area contributed by atoms with E-state index in [0.717, 1.165) is 42.9 Å². The summed E-state index contributed by atoms with van der Waals surface area (Å²) in [5, 5.41) is 6.02. The highest BCUT2D eigenvalue weighted by Gasteiger charge is 2.26. The van der Waals surface area contributed by atoms with Crippen molar-refractivity contribution in [2.75, 3.05) is 17.2 Å². The molecule has 1 aromatic heterocycles. The zero-order chi connectivity index (χ0) is 19.2. The number of hydrogen-bond acceptors (Lipinski definition) is 4. The van der Waals surface area contributed by atoms with Crippen molar-refractivity contribution in [3.05, 3.63) is 48.3 Å². The van der Waals surface area contributed by atoms with Crippen LogP contribution in [0.5, 0.6) is 0 Å². The number of hydrogen-bond donors (Lipinski definition) is 2. The fourth-order valence-corrected chi connectivity index (χ4v) is 3.47. The van der Waals surface area contributed by atoms with Gasteiger partial charge >= 0.3 is 0 Å². The molecule has 1 atom stereocenters. The molecular weight excluding hydrogens is 340 g/mol. The van der Waals surface area contributed by atoms with Crippen LogP contribution in [-0.2, 0) is 4.79 Å². The van der Waals surface area contributed by atoms with Gasteiger partial charge in [-0.25, -0.2) is 0 Å². The Kier molecular flexibility index (Phi) is 6.06. The Bertz CT molecular complexity index is 804. The summed E-state index contributed by atoms with van der Waals surface area (Å²) >= 11 is 0. The van der Waals surface area contributed by atoms with Gasteiger partial charge in [0.2, 0.25) is 5.91 Å². The van der Waals surface area contributed by atoms with Crippen molar-refractivity contribution in [2.45, 2.75) is 45.6 Å². The lowest BCUT2D eigenvalue weighted by Gasteiger charge is -2.35. The molecule has 0 saturated carbocycles. The van der Waals surface area contributed by atoms with E-state index < -0.39 is 0 Å². The number of aromatic nitrogens is 1. The minimum absolute atomic E-state index is 0.00575. The van der Waals surface area contributed by atoms with Crippen molar-refractivity contribution in [3.63, 3.8) is 0 Å². The van der Waals surface area contributed by atoms with Crippen LogP contribution >= 0.6 is 0 Å². The molecule has 1 aliphatic rings. The Morgan fingerprint density at radius 1 is 1.11 bits per heavy atom. The SMILES string of the molecule is CCC1CCCCN1C(=O)c1cc(Nc2ccc(NC(C)=O)cc2)ccn1. The lowest BCUT2D eigenvalue weighted by atomic mass is 9.99. The summed E-state index contributed by atoms with van der Waals surface area (Å²) in [4.78, 5) is 30.3. The number of anilines is 3. The van der Waals surface area contributed by atoms with Crippen LogP contribution in [0.2, 0.25) is 0 Å². The van der Waals surface area contributed by atoms with E-state index in [-0.39, 0.29) is 11.8 Å². The van der Waals surface area contributed by atoms with Crippen LogP contribution in [0.3, 0.4) is 0 Å². The van der Waals surface area contributed by atoms with Gasteiger partial charge in [-0.05, 0) is 62.1 Å². The van der Waals surface area contributed by atoms with Crippen LogP contribution < -0.4 is 10.6 Å². The van der Waals surface area contributed by atoms with E-state index in [4.69, 9.17) is 0 Å². The first-order valence-corrected chi connectivity index (χ1v) is 9.48. The molecule has 0 radical (unpaired) electrons. The van der Waals surface area contributed by atoms with Gasteiger partial charge in [-0.3, -0.25) is 14.6 Å². The van der Waals surface area contributed by atoms with Gasteiger partial charge in [0.25, 0.3) is 5.91 Å². The third kappa shape index (κ3) is 4.84. The molecule has 2 aromatic rings. The van der Waals surface area contributed by atoms with E-state index in [1.807, 2.05) is 35.2 Å². The molecule has 2 amide bonds. The van der Waals surface area contributed by atoms with Crippen molar-refractivity contribution in [1.29, 1.82) is 0 Å². The number of piperidine rings is 1. The normalized spacial score (nSPS) is 16.7. The van der Waals surface area contributed by atoms with Gasteiger partial charge in [0.15, 0.2) is 0 Å². The first-order chi connectivity index (χ1) is 13.1. The maximum Gasteiger partial charge on any atom is 0.272 e. The molecule has 1 aromatic carbocycles. The number of amides is 2. The third-order valence-electron chi connectivity index (χ3n) is 4.83. The fraction of sp³-hybridized carbons (Fsp3) is 0.381. The van der Waals surface area contributed by atoms with E-state index in [9.17, 15) is 9.59 Å². The molecule has 2 heterocycles.